The zero-order chi connectivity index (χ0) is 34.4. The Morgan fingerprint density at radius 3 is 2.00 bits per heavy atom. The Balaban J connectivity index is 0.00000625. The van der Waals surface area contributed by atoms with Crippen LogP contribution in [0.5, 0.6) is 0 Å². The van der Waals surface area contributed by atoms with E-state index in [-0.39, 0.29) is 53.6 Å². The molecule has 0 aliphatic heterocycles. The number of rotatable bonds is 12. The van der Waals surface area contributed by atoms with E-state index in [1.165, 1.54) is 59.5 Å². The maximum atomic E-state index is 14.3. The minimum absolute atomic E-state index is 0. The number of aliphatic hydroxyl groups is 2. The third kappa shape index (κ3) is 9.27. The third-order valence-electron chi connectivity index (χ3n) is 7.41. The summed E-state index contributed by atoms with van der Waals surface area (Å²) < 4.78 is 30.0. The summed E-state index contributed by atoms with van der Waals surface area (Å²) in [6.07, 6.45) is -0.668. The van der Waals surface area contributed by atoms with Gasteiger partial charge in [-0.05, 0) is 73.5 Å². The van der Waals surface area contributed by atoms with Crippen LogP contribution >= 0.6 is 0 Å². The molecule has 3 N–H and O–H groups in total. The van der Waals surface area contributed by atoms with E-state index in [1.54, 1.807) is 49.0 Å². The van der Waals surface area contributed by atoms with Crippen LogP contribution in [0.25, 0.3) is 28.3 Å². The first-order valence-electron chi connectivity index (χ1n) is 14.9. The van der Waals surface area contributed by atoms with E-state index in [0.29, 0.717) is 39.2 Å². The number of amides is 2. The molecule has 2 amide bonds. The third-order valence-corrected chi connectivity index (χ3v) is 7.41. The van der Waals surface area contributed by atoms with Crippen molar-refractivity contribution in [2.24, 2.45) is 0 Å². The Labute approximate surface area is 299 Å². The number of hydrogen-bond donors (Lipinski definition) is 3. The van der Waals surface area contributed by atoms with E-state index in [9.17, 15) is 38.5 Å². The Morgan fingerprint density at radius 1 is 0.917 bits per heavy atom. The van der Waals surface area contributed by atoms with Gasteiger partial charge in [-0.25, -0.2) is 8.78 Å². The van der Waals surface area contributed by atoms with Gasteiger partial charge in [-0.3, -0.25) is 9.59 Å². The summed E-state index contributed by atoms with van der Waals surface area (Å²) in [5, 5.41) is 34.5. The number of nitrogens with zero attached hydrogens (tertiary/aromatic N) is 2. The van der Waals surface area contributed by atoms with Crippen LogP contribution in [0.15, 0.2) is 78.9 Å². The Bertz CT molecular complexity index is 1790. The van der Waals surface area contributed by atoms with E-state index in [1.807, 2.05) is 13.8 Å². The molecule has 0 radical (unpaired) electrons. The van der Waals surface area contributed by atoms with E-state index in [4.69, 9.17) is 0 Å². The number of hydrogen-bond acceptors (Lipinski definition) is 6. The van der Waals surface area contributed by atoms with E-state index < -0.39 is 42.1 Å². The first-order chi connectivity index (χ1) is 22.3. The van der Waals surface area contributed by atoms with Crippen molar-refractivity contribution in [1.82, 2.24) is 9.47 Å². The number of nitrogens with one attached hydrogen (secondary N) is 1. The van der Waals surface area contributed by atoms with Crippen molar-refractivity contribution in [2.75, 3.05) is 19.4 Å². The number of carbonyl (C=O) groups is 3. The maximum absolute atomic E-state index is 14.3. The first-order valence-corrected chi connectivity index (χ1v) is 14.9. The fourth-order valence-corrected chi connectivity index (χ4v) is 5.35. The van der Waals surface area contributed by atoms with Gasteiger partial charge in [0.05, 0.1) is 12.2 Å². The molecule has 9 nitrogen and oxygen atoms in total. The number of halogens is 2. The quantitative estimate of drug-likeness (QED) is 0.198. The predicted molar refractivity (Wildman–Crippen MR) is 173 cm³/mol. The van der Waals surface area contributed by atoms with Crippen molar-refractivity contribution in [3.63, 3.8) is 0 Å². The van der Waals surface area contributed by atoms with Crippen LogP contribution in [0.4, 0.5) is 14.5 Å². The number of anilines is 1. The summed E-state index contributed by atoms with van der Waals surface area (Å²) in [5.41, 5.74) is 3.18. The molecule has 0 aliphatic carbocycles. The van der Waals surface area contributed by atoms with Gasteiger partial charge in [-0.2, -0.15) is 0 Å². The van der Waals surface area contributed by atoms with Crippen molar-refractivity contribution in [3.05, 3.63) is 107 Å². The van der Waals surface area contributed by atoms with Crippen molar-refractivity contribution >= 4 is 29.5 Å². The van der Waals surface area contributed by atoms with Gasteiger partial charge >= 0.3 is 29.6 Å². The second kappa shape index (κ2) is 16.8. The fourth-order valence-electron chi connectivity index (χ4n) is 5.35. The molecule has 246 valence electrons. The topological polar surface area (TPSA) is 135 Å². The predicted octanol–water partition coefficient (Wildman–Crippen LogP) is 1.90. The van der Waals surface area contributed by atoms with Gasteiger partial charge in [0.2, 0.25) is 0 Å². The van der Waals surface area contributed by atoms with Crippen LogP contribution < -0.4 is 40.0 Å². The van der Waals surface area contributed by atoms with Crippen molar-refractivity contribution < 1.29 is 68.0 Å². The average molecular weight is 668 g/mol. The van der Waals surface area contributed by atoms with Gasteiger partial charge in [0.1, 0.15) is 17.3 Å². The molecule has 0 saturated carbocycles. The normalized spacial score (nSPS) is 12.4. The van der Waals surface area contributed by atoms with Crippen LogP contribution in [0.1, 0.15) is 59.3 Å². The number of aromatic nitrogens is 1. The van der Waals surface area contributed by atoms with Crippen molar-refractivity contribution in [3.8, 4) is 22.3 Å². The molecule has 1 heterocycles. The first kappa shape index (κ1) is 38.3. The summed E-state index contributed by atoms with van der Waals surface area (Å²) in [4.78, 5) is 39.3. The van der Waals surface area contributed by atoms with Crippen LogP contribution in [0, 0.1) is 11.6 Å². The molecule has 48 heavy (non-hydrogen) atoms. The molecule has 0 fully saturated rings. The summed E-state index contributed by atoms with van der Waals surface area (Å²) in [6.45, 7) is 3.68. The summed E-state index contributed by atoms with van der Waals surface area (Å²) in [5.74, 6) is -3.25. The zero-order valence-electron chi connectivity index (χ0n) is 27.4. The number of carbonyl (C=O) groups excluding carboxylic acids is 3. The molecule has 12 heteroatoms. The molecule has 4 aromatic rings. The minimum Gasteiger partial charge on any atom is -0.550 e. The molecule has 0 unspecified atom stereocenters. The van der Waals surface area contributed by atoms with Gasteiger partial charge in [0, 0.05) is 67.0 Å². The maximum Gasteiger partial charge on any atom is 1.00 e. The van der Waals surface area contributed by atoms with Gasteiger partial charge in [-0.1, -0.05) is 36.4 Å². The second-order valence-corrected chi connectivity index (χ2v) is 11.6. The molecule has 0 bridgehead atoms. The largest absolute Gasteiger partial charge is 1.00 e. The summed E-state index contributed by atoms with van der Waals surface area (Å²) >= 11 is 0. The van der Waals surface area contributed by atoms with Crippen LogP contribution in [0.3, 0.4) is 0 Å². The van der Waals surface area contributed by atoms with E-state index >= 15 is 0 Å². The molecular formula is C36H36F2N3NaO6. The number of benzene rings is 3. The average Bonchev–Trinajstić information content (AvgIpc) is 3.35. The second-order valence-electron chi connectivity index (χ2n) is 11.6. The van der Waals surface area contributed by atoms with Gasteiger partial charge < -0.3 is 34.9 Å². The Morgan fingerprint density at radius 2 is 1.48 bits per heavy atom. The number of carboxylic acids is 1. The Hall–Kier alpha value is -4.13. The van der Waals surface area contributed by atoms with Gasteiger partial charge in [0.25, 0.3) is 11.8 Å². The Kier molecular flexibility index (Phi) is 13.4. The molecule has 2 atom stereocenters. The molecule has 0 saturated heterocycles. The minimum atomic E-state index is -1.46. The zero-order valence-corrected chi connectivity index (χ0v) is 29.4. The molecule has 0 spiro atoms. The van der Waals surface area contributed by atoms with Crippen molar-refractivity contribution in [1.29, 1.82) is 0 Å². The molecule has 3 aromatic carbocycles. The monoisotopic (exact) mass is 667 g/mol. The summed E-state index contributed by atoms with van der Waals surface area (Å²) in [6, 6.07) is 17.3. The summed E-state index contributed by atoms with van der Waals surface area (Å²) in [7, 11) is 3.23. The number of aliphatic carboxylic acids is 1. The van der Waals surface area contributed by atoms with Crippen LogP contribution in [0.2, 0.25) is 0 Å². The smallest absolute Gasteiger partial charge is 0.550 e. The molecule has 1 aromatic heterocycles. The van der Waals surface area contributed by atoms with Crippen LogP contribution in [-0.4, -0.2) is 63.8 Å². The van der Waals surface area contributed by atoms with E-state index in [2.05, 4.69) is 5.32 Å². The number of aliphatic hydroxyl groups excluding tert-OH is 2. The van der Waals surface area contributed by atoms with Crippen LogP contribution in [-0.2, 0) is 4.79 Å². The van der Waals surface area contributed by atoms with Gasteiger partial charge in [-0.15, -0.1) is 0 Å². The fraction of sp³-hybridized carbons (Fsp3) is 0.250. The SMILES string of the molecule is CC(C)n1c(C=C[C@@H](O)C[C@@H](O)CC(=O)[O-])c(-c2ccc(F)cc2)c(-c2ccc(F)cc2)c1C(=O)Nc1cccc(C(=O)N(C)C)c1.[Na+]. The molecule has 4 rings (SSSR count). The van der Waals surface area contributed by atoms with Crippen molar-refractivity contribution in [2.45, 2.75) is 44.9 Å². The van der Waals surface area contributed by atoms with Gasteiger partial charge in [0.15, 0.2) is 0 Å². The molecule has 0 aliphatic rings. The standard InChI is InChI=1S/C36H37F2N3O6.Na/c1-21(2)41-30(17-16-28(42)19-29(43)20-31(44)45)32(22-8-12-25(37)13-9-22)33(23-10-14-26(38)15-11-23)34(41)35(46)39-27-7-5-6-24(18-27)36(47)40(3)4;/h5-18,21,28-29,42-43H,19-20H2,1-4H3,(H,39,46)(H,44,45);/q;+1/p-1/t28-,29-;/m1./s1. The number of carboxylic acid groups (broad SMARTS) is 1. The van der Waals surface area contributed by atoms with E-state index in [0.717, 1.165) is 0 Å². The molecular weight excluding hydrogens is 631 g/mol.